The molecule has 0 unspecified atom stereocenters. The van der Waals surface area contributed by atoms with Gasteiger partial charge in [-0.3, -0.25) is 0 Å². The lowest BCUT2D eigenvalue weighted by atomic mass is 10.1. The van der Waals surface area contributed by atoms with Crippen molar-refractivity contribution in [1.82, 2.24) is 0 Å². The summed E-state index contributed by atoms with van der Waals surface area (Å²) in [5.74, 6) is -0.929. The molecule has 0 amide bonds. The van der Waals surface area contributed by atoms with Crippen molar-refractivity contribution in [2.24, 2.45) is 0 Å². The van der Waals surface area contributed by atoms with E-state index in [2.05, 4.69) is 19.1 Å². The van der Waals surface area contributed by atoms with Crippen LogP contribution in [0.5, 0.6) is 0 Å². The van der Waals surface area contributed by atoms with Gasteiger partial charge in [0.05, 0.1) is 0 Å². The standard InChI is InChI=1S/C24H38O2/c1-2-3-4-5-6-7-8-9-10-11-12-13-14-15-16-17-18-19-20-21-22-23-24(25)26/h14-23H,2-13H2,1H3,(H,25,26)/b15-14?,17-16?,19-18?,21-20+,23-22-. The third kappa shape index (κ3) is 22.2. The molecule has 0 aliphatic carbocycles. The molecule has 0 radical (unpaired) electrons. The first-order valence-corrected chi connectivity index (χ1v) is 10.3. The number of carboxylic acids is 1. The summed E-state index contributed by atoms with van der Waals surface area (Å²) in [4.78, 5) is 10.2. The van der Waals surface area contributed by atoms with E-state index in [1.54, 1.807) is 12.2 Å². The minimum Gasteiger partial charge on any atom is -0.478 e. The highest BCUT2D eigenvalue weighted by Gasteiger charge is 1.92. The van der Waals surface area contributed by atoms with Gasteiger partial charge in [-0.1, -0.05) is 126 Å². The Morgan fingerprint density at radius 1 is 0.615 bits per heavy atom. The van der Waals surface area contributed by atoms with Crippen LogP contribution in [-0.2, 0) is 4.79 Å². The van der Waals surface area contributed by atoms with Gasteiger partial charge in [0.1, 0.15) is 0 Å². The van der Waals surface area contributed by atoms with E-state index in [-0.39, 0.29) is 0 Å². The van der Waals surface area contributed by atoms with Crippen molar-refractivity contribution in [2.45, 2.75) is 84.0 Å². The van der Waals surface area contributed by atoms with Crippen molar-refractivity contribution < 1.29 is 9.90 Å². The topological polar surface area (TPSA) is 37.3 Å². The largest absolute Gasteiger partial charge is 0.478 e. The second-order valence-electron chi connectivity index (χ2n) is 6.60. The number of rotatable bonds is 17. The van der Waals surface area contributed by atoms with Crippen molar-refractivity contribution in [1.29, 1.82) is 0 Å². The number of allylic oxidation sites excluding steroid dienone is 9. The minimum atomic E-state index is -0.929. The molecular weight excluding hydrogens is 320 g/mol. The van der Waals surface area contributed by atoms with E-state index in [4.69, 9.17) is 5.11 Å². The Labute approximate surface area is 161 Å². The molecule has 0 fully saturated rings. The fourth-order valence-electron chi connectivity index (χ4n) is 2.62. The predicted octanol–water partition coefficient (Wildman–Crippen LogP) is 7.55. The summed E-state index contributed by atoms with van der Waals surface area (Å²) in [6.45, 7) is 2.27. The molecule has 0 aromatic heterocycles. The monoisotopic (exact) mass is 358 g/mol. The highest BCUT2D eigenvalue weighted by molar-refractivity contribution is 5.80. The molecule has 0 spiro atoms. The minimum absolute atomic E-state index is 0.929. The molecular formula is C24H38O2. The van der Waals surface area contributed by atoms with Crippen LogP contribution in [-0.4, -0.2) is 11.1 Å². The van der Waals surface area contributed by atoms with E-state index in [0.717, 1.165) is 12.5 Å². The van der Waals surface area contributed by atoms with Crippen LogP contribution in [0.4, 0.5) is 0 Å². The molecule has 2 heteroatoms. The number of carbonyl (C=O) groups is 1. The Morgan fingerprint density at radius 2 is 1.04 bits per heavy atom. The van der Waals surface area contributed by atoms with Crippen LogP contribution in [0.2, 0.25) is 0 Å². The van der Waals surface area contributed by atoms with Crippen LogP contribution in [0.3, 0.4) is 0 Å². The number of unbranched alkanes of at least 4 members (excludes halogenated alkanes) is 11. The fraction of sp³-hybridized carbons (Fsp3) is 0.542. The summed E-state index contributed by atoms with van der Waals surface area (Å²) in [6, 6.07) is 0. The molecule has 26 heavy (non-hydrogen) atoms. The van der Waals surface area contributed by atoms with Crippen LogP contribution in [0.15, 0.2) is 60.8 Å². The Balaban J connectivity index is 3.38. The summed E-state index contributed by atoms with van der Waals surface area (Å²) in [6.07, 6.45) is 34.7. The molecule has 0 bridgehead atoms. The van der Waals surface area contributed by atoms with E-state index in [1.807, 2.05) is 24.3 Å². The summed E-state index contributed by atoms with van der Waals surface area (Å²) in [5.41, 5.74) is 0. The van der Waals surface area contributed by atoms with Crippen LogP contribution >= 0.6 is 0 Å². The predicted molar refractivity (Wildman–Crippen MR) is 114 cm³/mol. The van der Waals surface area contributed by atoms with Crippen LogP contribution in [0, 0.1) is 0 Å². The Morgan fingerprint density at radius 3 is 1.54 bits per heavy atom. The SMILES string of the molecule is CCCCCCCCCCCCCC=CC=CC=C/C=C/C=C\C(=O)O. The highest BCUT2D eigenvalue weighted by atomic mass is 16.4. The number of hydrogen-bond acceptors (Lipinski definition) is 1. The van der Waals surface area contributed by atoms with E-state index in [1.165, 1.54) is 76.7 Å². The third-order valence-electron chi connectivity index (χ3n) is 4.13. The smallest absolute Gasteiger partial charge is 0.328 e. The van der Waals surface area contributed by atoms with Gasteiger partial charge in [-0.15, -0.1) is 0 Å². The van der Waals surface area contributed by atoms with Gasteiger partial charge in [0, 0.05) is 6.08 Å². The van der Waals surface area contributed by atoms with E-state index < -0.39 is 5.97 Å². The van der Waals surface area contributed by atoms with Gasteiger partial charge in [-0.25, -0.2) is 4.79 Å². The zero-order chi connectivity index (χ0) is 19.1. The molecule has 0 saturated heterocycles. The third-order valence-corrected chi connectivity index (χ3v) is 4.13. The average molecular weight is 359 g/mol. The van der Waals surface area contributed by atoms with Gasteiger partial charge in [-0.2, -0.15) is 0 Å². The lowest BCUT2D eigenvalue weighted by Crippen LogP contribution is -1.84. The van der Waals surface area contributed by atoms with Gasteiger partial charge >= 0.3 is 5.97 Å². The summed E-state index contributed by atoms with van der Waals surface area (Å²) in [7, 11) is 0. The molecule has 0 heterocycles. The van der Waals surface area contributed by atoms with Crippen molar-refractivity contribution in [2.75, 3.05) is 0 Å². The first kappa shape index (κ1) is 24.2. The summed E-state index contributed by atoms with van der Waals surface area (Å²) in [5, 5.41) is 8.41. The maximum Gasteiger partial charge on any atom is 0.328 e. The zero-order valence-electron chi connectivity index (χ0n) is 16.6. The molecule has 0 atom stereocenters. The second kappa shape index (κ2) is 21.2. The zero-order valence-corrected chi connectivity index (χ0v) is 16.6. The Bertz CT molecular complexity index is 453. The van der Waals surface area contributed by atoms with Gasteiger partial charge in [0.25, 0.3) is 0 Å². The Hall–Kier alpha value is -1.83. The van der Waals surface area contributed by atoms with Crippen LogP contribution in [0.1, 0.15) is 84.0 Å². The fourth-order valence-corrected chi connectivity index (χ4v) is 2.62. The first-order chi connectivity index (χ1) is 12.8. The first-order valence-electron chi connectivity index (χ1n) is 10.3. The van der Waals surface area contributed by atoms with E-state index >= 15 is 0 Å². The van der Waals surface area contributed by atoms with Crippen molar-refractivity contribution in [3.8, 4) is 0 Å². The quantitative estimate of drug-likeness (QED) is 0.165. The maximum absolute atomic E-state index is 10.2. The van der Waals surface area contributed by atoms with Gasteiger partial charge in [0.2, 0.25) is 0 Å². The van der Waals surface area contributed by atoms with Crippen molar-refractivity contribution in [3.63, 3.8) is 0 Å². The van der Waals surface area contributed by atoms with Crippen molar-refractivity contribution >= 4 is 5.97 Å². The maximum atomic E-state index is 10.2. The van der Waals surface area contributed by atoms with E-state index in [0.29, 0.717) is 0 Å². The molecule has 0 aliphatic rings. The second-order valence-corrected chi connectivity index (χ2v) is 6.60. The highest BCUT2D eigenvalue weighted by Crippen LogP contribution is 2.11. The Kier molecular flexibility index (Phi) is 19.7. The van der Waals surface area contributed by atoms with Gasteiger partial charge < -0.3 is 5.11 Å². The molecule has 146 valence electrons. The lowest BCUT2D eigenvalue weighted by molar-refractivity contribution is -0.131. The molecule has 0 saturated carbocycles. The number of carboxylic acid groups (broad SMARTS) is 1. The average Bonchev–Trinajstić information content (AvgIpc) is 2.62. The molecule has 0 aromatic rings. The molecule has 2 nitrogen and oxygen atoms in total. The normalized spacial score (nSPS) is 12.7. The van der Waals surface area contributed by atoms with Gasteiger partial charge in [0.15, 0.2) is 0 Å². The summed E-state index contributed by atoms with van der Waals surface area (Å²) >= 11 is 0. The van der Waals surface area contributed by atoms with Gasteiger partial charge in [-0.05, 0) is 12.8 Å². The molecule has 0 aliphatic heterocycles. The lowest BCUT2D eigenvalue weighted by Gasteiger charge is -2.01. The van der Waals surface area contributed by atoms with Crippen molar-refractivity contribution in [3.05, 3.63) is 60.8 Å². The number of aliphatic carboxylic acids is 1. The van der Waals surface area contributed by atoms with E-state index in [9.17, 15) is 4.79 Å². The van der Waals surface area contributed by atoms with Crippen LogP contribution in [0.25, 0.3) is 0 Å². The van der Waals surface area contributed by atoms with Crippen LogP contribution < -0.4 is 0 Å². The molecule has 0 rings (SSSR count). The molecule has 1 N–H and O–H groups in total. The number of hydrogen-bond donors (Lipinski definition) is 1. The molecule has 0 aromatic carbocycles. The summed E-state index contributed by atoms with van der Waals surface area (Å²) < 4.78 is 0.